The molecule has 1 heterocycles. The summed E-state index contributed by atoms with van der Waals surface area (Å²) in [4.78, 5) is 5.34. The third-order valence-electron chi connectivity index (χ3n) is 3.43. The zero-order chi connectivity index (χ0) is 15.0. The van der Waals surface area contributed by atoms with Crippen LogP contribution in [0.5, 0.6) is 0 Å². The molecule has 112 valence electrons. The number of nitrogens with zero attached hydrogens (tertiary/aromatic N) is 1. The minimum atomic E-state index is -3.71. The van der Waals surface area contributed by atoms with E-state index in [2.05, 4.69) is 20.8 Å². The summed E-state index contributed by atoms with van der Waals surface area (Å²) in [6.45, 7) is 6.29. The van der Waals surface area contributed by atoms with Crippen LogP contribution in [0.25, 0.3) is 0 Å². The maximum atomic E-state index is 12.5. The summed E-state index contributed by atoms with van der Waals surface area (Å²) in [5.41, 5.74) is 1.04. The summed E-state index contributed by atoms with van der Waals surface area (Å²) >= 11 is 0. The second-order valence-electron chi connectivity index (χ2n) is 5.99. The number of hydrogen-bond donors (Lipinski definition) is 1. The van der Waals surface area contributed by atoms with E-state index in [1.165, 1.54) is 0 Å². The minimum Gasteiger partial charge on any atom is -0.395 e. The smallest absolute Gasteiger partial charge is 0.265 e. The highest BCUT2D eigenvalue weighted by Gasteiger charge is 2.36. The van der Waals surface area contributed by atoms with Crippen molar-refractivity contribution in [1.29, 1.82) is 0 Å². The Morgan fingerprint density at radius 2 is 1.90 bits per heavy atom. The van der Waals surface area contributed by atoms with E-state index in [1.54, 1.807) is 12.1 Å². The molecule has 1 fully saturated rings. The van der Waals surface area contributed by atoms with Gasteiger partial charge in [0.1, 0.15) is 0 Å². The molecule has 0 aromatic heterocycles. The standard InChI is InChI=1S/C14H21NO4S/c1-14(2,3)11-4-6-13(7-5-11)20(17,18)15-12(10-16)8-9-19-15/h4-7,12,16H,8-10H2,1-3H3/t12-/m1/s1. The van der Waals surface area contributed by atoms with Crippen LogP contribution in [0.2, 0.25) is 0 Å². The van der Waals surface area contributed by atoms with Gasteiger partial charge in [0.2, 0.25) is 0 Å². The van der Waals surface area contributed by atoms with Gasteiger partial charge < -0.3 is 5.11 Å². The number of rotatable bonds is 3. The third-order valence-corrected chi connectivity index (χ3v) is 5.18. The van der Waals surface area contributed by atoms with Crippen LogP contribution >= 0.6 is 0 Å². The molecular weight excluding hydrogens is 278 g/mol. The predicted molar refractivity (Wildman–Crippen MR) is 75.6 cm³/mol. The van der Waals surface area contributed by atoms with Gasteiger partial charge in [0.05, 0.1) is 24.2 Å². The molecule has 0 aliphatic carbocycles. The van der Waals surface area contributed by atoms with Crippen molar-refractivity contribution in [3.05, 3.63) is 29.8 Å². The molecule has 5 nitrogen and oxygen atoms in total. The van der Waals surface area contributed by atoms with Crippen LogP contribution in [-0.2, 0) is 20.3 Å². The Labute approximate surface area is 120 Å². The van der Waals surface area contributed by atoms with E-state index < -0.39 is 16.1 Å². The van der Waals surface area contributed by atoms with Crippen LogP contribution in [0.15, 0.2) is 29.2 Å². The fourth-order valence-electron chi connectivity index (χ4n) is 2.14. The lowest BCUT2D eigenvalue weighted by molar-refractivity contribution is -0.0579. The second kappa shape index (κ2) is 5.44. The van der Waals surface area contributed by atoms with Crippen molar-refractivity contribution in [2.75, 3.05) is 13.2 Å². The normalized spacial score (nSPS) is 21.3. The lowest BCUT2D eigenvalue weighted by Crippen LogP contribution is -2.36. The van der Waals surface area contributed by atoms with Crippen LogP contribution in [0.3, 0.4) is 0 Å². The molecule has 0 unspecified atom stereocenters. The molecule has 1 N–H and O–H groups in total. The highest BCUT2D eigenvalue weighted by atomic mass is 32.2. The average molecular weight is 299 g/mol. The first-order valence-corrected chi connectivity index (χ1v) is 8.09. The molecule has 0 saturated carbocycles. The topological polar surface area (TPSA) is 66.8 Å². The molecule has 1 atom stereocenters. The van der Waals surface area contributed by atoms with Crippen molar-refractivity contribution in [1.82, 2.24) is 4.47 Å². The van der Waals surface area contributed by atoms with Gasteiger partial charge in [0.25, 0.3) is 10.0 Å². The van der Waals surface area contributed by atoms with Gasteiger partial charge in [-0.3, -0.25) is 4.84 Å². The first-order chi connectivity index (χ1) is 9.26. The summed E-state index contributed by atoms with van der Waals surface area (Å²) in [6, 6.07) is 6.31. The molecule has 1 aliphatic heterocycles. The summed E-state index contributed by atoms with van der Waals surface area (Å²) < 4.78 is 25.8. The fraction of sp³-hybridized carbons (Fsp3) is 0.571. The number of benzene rings is 1. The van der Waals surface area contributed by atoms with E-state index >= 15 is 0 Å². The Morgan fingerprint density at radius 3 is 2.40 bits per heavy atom. The number of aliphatic hydroxyl groups excluding tert-OH is 1. The highest BCUT2D eigenvalue weighted by Crippen LogP contribution is 2.27. The molecule has 1 aromatic rings. The zero-order valence-corrected chi connectivity index (χ0v) is 12.9. The number of hydroxylamine groups is 1. The molecule has 20 heavy (non-hydrogen) atoms. The second-order valence-corrected chi connectivity index (χ2v) is 7.77. The Morgan fingerprint density at radius 1 is 1.30 bits per heavy atom. The third kappa shape index (κ3) is 2.88. The predicted octanol–water partition coefficient (Wildman–Crippen LogP) is 1.67. The molecule has 1 aromatic carbocycles. The summed E-state index contributed by atoms with van der Waals surface area (Å²) in [6.07, 6.45) is 0.510. The molecule has 0 bridgehead atoms. The van der Waals surface area contributed by atoms with E-state index in [4.69, 9.17) is 4.84 Å². The number of aliphatic hydroxyl groups is 1. The van der Waals surface area contributed by atoms with Crippen molar-refractivity contribution in [3.63, 3.8) is 0 Å². The van der Waals surface area contributed by atoms with Gasteiger partial charge in [-0.15, -0.1) is 0 Å². The average Bonchev–Trinajstić information content (AvgIpc) is 2.87. The fourth-order valence-corrected chi connectivity index (χ4v) is 3.61. The van der Waals surface area contributed by atoms with Gasteiger partial charge in [0.15, 0.2) is 0 Å². The van der Waals surface area contributed by atoms with Crippen LogP contribution in [-0.4, -0.2) is 37.2 Å². The summed E-state index contributed by atoms with van der Waals surface area (Å²) in [5, 5.41) is 9.21. The Hall–Kier alpha value is -0.950. The van der Waals surface area contributed by atoms with Gasteiger partial charge >= 0.3 is 0 Å². The number of hydrogen-bond acceptors (Lipinski definition) is 4. The van der Waals surface area contributed by atoms with Crippen molar-refractivity contribution in [2.45, 2.75) is 43.5 Å². The molecule has 2 rings (SSSR count). The molecule has 6 heteroatoms. The Bertz CT molecular complexity index is 560. The SMILES string of the molecule is CC(C)(C)c1ccc(S(=O)(=O)N2OCC[C@@H]2CO)cc1. The monoisotopic (exact) mass is 299 g/mol. The first-order valence-electron chi connectivity index (χ1n) is 6.65. The van der Waals surface area contributed by atoms with Crippen molar-refractivity contribution >= 4 is 10.0 Å². The molecule has 1 saturated heterocycles. The van der Waals surface area contributed by atoms with Crippen LogP contribution in [0, 0.1) is 0 Å². The van der Waals surface area contributed by atoms with E-state index in [9.17, 15) is 13.5 Å². The lowest BCUT2D eigenvalue weighted by Gasteiger charge is -2.22. The zero-order valence-electron chi connectivity index (χ0n) is 12.0. The minimum absolute atomic E-state index is 0.0277. The van der Waals surface area contributed by atoms with Gasteiger partial charge in [-0.05, 0) is 29.5 Å². The van der Waals surface area contributed by atoms with Crippen LogP contribution in [0.1, 0.15) is 32.8 Å². The molecular formula is C14H21NO4S. The van der Waals surface area contributed by atoms with Gasteiger partial charge in [0, 0.05) is 0 Å². The van der Waals surface area contributed by atoms with Crippen molar-refractivity contribution in [2.24, 2.45) is 0 Å². The largest absolute Gasteiger partial charge is 0.395 e. The Kier molecular flexibility index (Phi) is 4.20. The quantitative estimate of drug-likeness (QED) is 0.922. The Balaban J connectivity index is 2.31. The van der Waals surface area contributed by atoms with Crippen molar-refractivity contribution < 1.29 is 18.4 Å². The maximum absolute atomic E-state index is 12.5. The van der Waals surface area contributed by atoms with Crippen LogP contribution < -0.4 is 0 Å². The summed E-state index contributed by atoms with van der Waals surface area (Å²) in [7, 11) is -3.71. The van der Waals surface area contributed by atoms with E-state index in [1.807, 2.05) is 12.1 Å². The molecule has 0 amide bonds. The first kappa shape index (κ1) is 15.4. The van der Waals surface area contributed by atoms with Crippen LogP contribution in [0.4, 0.5) is 0 Å². The van der Waals surface area contributed by atoms with E-state index in [-0.39, 0.29) is 16.9 Å². The van der Waals surface area contributed by atoms with E-state index in [0.29, 0.717) is 13.0 Å². The molecule has 1 aliphatic rings. The van der Waals surface area contributed by atoms with E-state index in [0.717, 1.165) is 10.0 Å². The molecule has 0 spiro atoms. The number of sulfonamides is 1. The summed E-state index contributed by atoms with van der Waals surface area (Å²) in [5.74, 6) is 0. The lowest BCUT2D eigenvalue weighted by atomic mass is 9.87. The highest BCUT2D eigenvalue weighted by molar-refractivity contribution is 7.89. The van der Waals surface area contributed by atoms with Crippen molar-refractivity contribution in [3.8, 4) is 0 Å². The van der Waals surface area contributed by atoms with Gasteiger partial charge in [-0.2, -0.15) is 0 Å². The van der Waals surface area contributed by atoms with Gasteiger partial charge in [-0.25, -0.2) is 8.42 Å². The van der Waals surface area contributed by atoms with Gasteiger partial charge in [-0.1, -0.05) is 37.4 Å². The maximum Gasteiger partial charge on any atom is 0.265 e. The molecule has 0 radical (unpaired) electrons.